The maximum Gasteiger partial charge on any atom is 0.225 e. The fourth-order valence-electron chi connectivity index (χ4n) is 4.05. The molecule has 3 aromatic rings. The molecule has 1 N–H and O–H groups in total. The van der Waals surface area contributed by atoms with E-state index in [0.717, 1.165) is 56.1 Å². The highest BCUT2D eigenvalue weighted by Gasteiger charge is 2.28. The lowest BCUT2D eigenvalue weighted by atomic mass is 9.96. The van der Waals surface area contributed by atoms with Crippen LogP contribution in [0.4, 0.5) is 5.13 Å². The molecule has 1 aromatic heterocycles. The molecule has 0 spiro atoms. The first-order valence-electron chi connectivity index (χ1n) is 11.1. The molecule has 2 aromatic carbocycles. The molecular weight excluding hydrogens is 404 g/mol. The molecule has 2 atom stereocenters. The molecule has 2 unspecified atom stereocenters. The van der Waals surface area contributed by atoms with E-state index in [0.29, 0.717) is 0 Å². The molecule has 0 bridgehead atoms. The molecule has 5 nitrogen and oxygen atoms in total. The Balaban J connectivity index is 1.28. The van der Waals surface area contributed by atoms with Crippen LogP contribution >= 0.6 is 11.5 Å². The van der Waals surface area contributed by atoms with Gasteiger partial charge in [-0.15, -0.1) is 0 Å². The Bertz CT molecular complexity index is 960. The number of carbonyl (C=O) groups excluding carboxylic acids is 1. The van der Waals surface area contributed by atoms with Crippen molar-refractivity contribution in [3.05, 3.63) is 77.6 Å². The minimum atomic E-state index is 0.00870. The van der Waals surface area contributed by atoms with E-state index in [2.05, 4.69) is 57.9 Å². The molecule has 4 rings (SSSR count). The Hall–Kier alpha value is -2.73. The van der Waals surface area contributed by atoms with Gasteiger partial charge in [-0.1, -0.05) is 60.7 Å². The van der Waals surface area contributed by atoms with Crippen molar-refractivity contribution in [3.8, 4) is 0 Å². The summed E-state index contributed by atoms with van der Waals surface area (Å²) in [6.45, 7) is 3.76. The van der Waals surface area contributed by atoms with Gasteiger partial charge < -0.3 is 10.2 Å². The van der Waals surface area contributed by atoms with Crippen LogP contribution in [0.1, 0.15) is 43.1 Å². The van der Waals surface area contributed by atoms with Crippen molar-refractivity contribution in [1.29, 1.82) is 0 Å². The van der Waals surface area contributed by atoms with Gasteiger partial charge in [-0.25, -0.2) is 4.98 Å². The lowest BCUT2D eigenvalue weighted by Gasteiger charge is -2.32. The van der Waals surface area contributed by atoms with Gasteiger partial charge in [0.05, 0.1) is 5.92 Å². The van der Waals surface area contributed by atoms with Gasteiger partial charge in [0, 0.05) is 37.1 Å². The van der Waals surface area contributed by atoms with Gasteiger partial charge in [-0.2, -0.15) is 4.37 Å². The molecule has 1 amide bonds. The van der Waals surface area contributed by atoms with E-state index in [1.807, 2.05) is 24.3 Å². The summed E-state index contributed by atoms with van der Waals surface area (Å²) in [4.78, 5) is 19.9. The zero-order chi connectivity index (χ0) is 21.5. The number of anilines is 1. The van der Waals surface area contributed by atoms with Crippen LogP contribution in [0.25, 0.3) is 0 Å². The fraction of sp³-hybridized carbons (Fsp3) is 0.400. The number of hydrogen-bond donors (Lipinski definition) is 1. The molecule has 1 saturated heterocycles. The Morgan fingerprint density at radius 3 is 2.58 bits per heavy atom. The summed E-state index contributed by atoms with van der Waals surface area (Å²) < 4.78 is 4.55. The molecule has 0 radical (unpaired) electrons. The van der Waals surface area contributed by atoms with Crippen LogP contribution < -0.4 is 10.2 Å². The predicted molar refractivity (Wildman–Crippen MR) is 126 cm³/mol. The second-order valence-corrected chi connectivity index (χ2v) is 9.10. The second-order valence-electron chi connectivity index (χ2n) is 8.37. The maximum atomic E-state index is 12.9. The Morgan fingerprint density at radius 2 is 1.84 bits per heavy atom. The van der Waals surface area contributed by atoms with Crippen LogP contribution in [-0.4, -0.2) is 34.4 Å². The van der Waals surface area contributed by atoms with Crippen LogP contribution in [0.15, 0.2) is 60.7 Å². The molecule has 0 aliphatic carbocycles. The summed E-state index contributed by atoms with van der Waals surface area (Å²) in [7, 11) is 0. The van der Waals surface area contributed by atoms with E-state index in [1.165, 1.54) is 22.7 Å². The van der Waals surface area contributed by atoms with Crippen LogP contribution in [0, 0.1) is 5.92 Å². The van der Waals surface area contributed by atoms with Crippen molar-refractivity contribution in [1.82, 2.24) is 14.7 Å². The first kappa shape index (κ1) is 21.5. The fourth-order valence-corrected chi connectivity index (χ4v) is 4.77. The van der Waals surface area contributed by atoms with Gasteiger partial charge in [0.1, 0.15) is 5.82 Å². The number of benzene rings is 2. The first-order chi connectivity index (χ1) is 15.2. The average molecular weight is 435 g/mol. The molecular formula is C25H30N4OS. The smallest absolute Gasteiger partial charge is 0.225 e. The van der Waals surface area contributed by atoms with Crippen LogP contribution in [-0.2, 0) is 17.6 Å². The van der Waals surface area contributed by atoms with Crippen molar-refractivity contribution in [2.24, 2.45) is 5.92 Å². The van der Waals surface area contributed by atoms with Crippen molar-refractivity contribution in [3.63, 3.8) is 0 Å². The zero-order valence-corrected chi connectivity index (χ0v) is 18.9. The molecule has 2 heterocycles. The van der Waals surface area contributed by atoms with Gasteiger partial charge in [-0.05, 0) is 43.7 Å². The topological polar surface area (TPSA) is 58.1 Å². The number of hydrogen-bond acceptors (Lipinski definition) is 5. The largest absolute Gasteiger partial charge is 0.353 e. The molecule has 31 heavy (non-hydrogen) atoms. The minimum Gasteiger partial charge on any atom is -0.353 e. The van der Waals surface area contributed by atoms with Gasteiger partial charge in [-0.3, -0.25) is 4.79 Å². The van der Waals surface area contributed by atoms with Gasteiger partial charge in [0.25, 0.3) is 0 Å². The van der Waals surface area contributed by atoms with Crippen LogP contribution in [0.5, 0.6) is 0 Å². The zero-order valence-electron chi connectivity index (χ0n) is 18.0. The third-order valence-corrected chi connectivity index (χ3v) is 6.64. The molecule has 0 saturated carbocycles. The highest BCUT2D eigenvalue weighted by Crippen LogP contribution is 2.25. The first-order valence-corrected chi connectivity index (χ1v) is 11.9. The van der Waals surface area contributed by atoms with E-state index >= 15 is 0 Å². The minimum absolute atomic E-state index is 0.00870. The van der Waals surface area contributed by atoms with E-state index in [-0.39, 0.29) is 17.9 Å². The summed E-state index contributed by atoms with van der Waals surface area (Å²) in [5.74, 6) is 1.03. The third kappa shape index (κ3) is 6.14. The van der Waals surface area contributed by atoms with Gasteiger partial charge >= 0.3 is 0 Å². The predicted octanol–water partition coefficient (Wildman–Crippen LogP) is 4.48. The van der Waals surface area contributed by atoms with Crippen LogP contribution in [0.2, 0.25) is 0 Å². The van der Waals surface area contributed by atoms with E-state index in [1.54, 1.807) is 0 Å². The highest BCUT2D eigenvalue weighted by molar-refractivity contribution is 7.09. The number of carbonyl (C=O) groups is 1. The molecule has 6 heteroatoms. The Labute approximate surface area is 188 Å². The van der Waals surface area contributed by atoms with Crippen molar-refractivity contribution >= 4 is 22.6 Å². The van der Waals surface area contributed by atoms with Crippen LogP contribution in [0.3, 0.4) is 0 Å². The summed E-state index contributed by atoms with van der Waals surface area (Å²) in [5.41, 5.74) is 2.53. The monoisotopic (exact) mass is 434 g/mol. The van der Waals surface area contributed by atoms with Crippen molar-refractivity contribution in [2.75, 3.05) is 18.0 Å². The summed E-state index contributed by atoms with van der Waals surface area (Å²) >= 11 is 1.44. The number of rotatable bonds is 8. The summed E-state index contributed by atoms with van der Waals surface area (Å²) in [5, 5.41) is 4.16. The van der Waals surface area contributed by atoms with E-state index in [4.69, 9.17) is 4.98 Å². The summed E-state index contributed by atoms with van der Waals surface area (Å²) in [6, 6.07) is 20.9. The number of piperidine rings is 1. The molecule has 1 aliphatic heterocycles. The number of nitrogens with zero attached hydrogens (tertiary/aromatic N) is 3. The Kier molecular flexibility index (Phi) is 7.30. The SMILES string of the molecule is CC(CCc1ccccc1)NC(=O)C1CCCN(c2nc(Cc3ccccc3)ns2)C1. The number of aromatic nitrogens is 2. The Morgan fingerprint density at radius 1 is 1.13 bits per heavy atom. The maximum absolute atomic E-state index is 12.9. The third-order valence-electron chi connectivity index (χ3n) is 5.82. The molecule has 1 aliphatic rings. The number of nitrogens with one attached hydrogen (secondary N) is 1. The standard InChI is InChI=1S/C25H30N4OS/c1-19(14-15-20-9-4-2-5-10-20)26-24(30)22-13-8-16-29(18-22)25-27-23(28-31-25)17-21-11-6-3-7-12-21/h2-7,9-12,19,22H,8,13-18H2,1H3,(H,26,30). The van der Waals surface area contributed by atoms with E-state index in [9.17, 15) is 4.79 Å². The lowest BCUT2D eigenvalue weighted by Crippen LogP contribution is -2.45. The summed E-state index contributed by atoms with van der Waals surface area (Å²) in [6.07, 6.45) is 4.61. The van der Waals surface area contributed by atoms with Crippen molar-refractivity contribution in [2.45, 2.75) is 45.1 Å². The average Bonchev–Trinajstić information content (AvgIpc) is 3.28. The highest BCUT2D eigenvalue weighted by atomic mass is 32.1. The second kappa shape index (κ2) is 10.5. The normalized spacial score (nSPS) is 17.3. The lowest BCUT2D eigenvalue weighted by molar-refractivity contribution is -0.125. The molecule has 1 fully saturated rings. The van der Waals surface area contributed by atoms with Gasteiger partial charge in [0.2, 0.25) is 11.0 Å². The number of amides is 1. The quantitative estimate of drug-likeness (QED) is 0.568. The number of aryl methyl sites for hydroxylation is 1. The van der Waals surface area contributed by atoms with E-state index < -0.39 is 0 Å². The van der Waals surface area contributed by atoms with Gasteiger partial charge in [0.15, 0.2) is 0 Å². The molecule has 162 valence electrons. The van der Waals surface area contributed by atoms with Crippen molar-refractivity contribution < 1.29 is 4.79 Å².